The van der Waals surface area contributed by atoms with Crippen LogP contribution in [0, 0.1) is 5.21 Å². The first kappa shape index (κ1) is 26.2. The van der Waals surface area contributed by atoms with Crippen LogP contribution in [0.2, 0.25) is 5.02 Å². The lowest BCUT2D eigenvalue weighted by Gasteiger charge is -2.31. The first-order chi connectivity index (χ1) is 16.1. The van der Waals surface area contributed by atoms with Crippen LogP contribution in [-0.2, 0) is 5.67 Å². The Morgan fingerprint density at radius 3 is 2.20 bits per heavy atom. The van der Waals surface area contributed by atoms with Crippen LogP contribution in [-0.4, -0.2) is 24.9 Å². The number of ether oxygens (including phenoxy) is 1. The summed E-state index contributed by atoms with van der Waals surface area (Å²) in [7, 11) is 0. The molecule has 0 spiro atoms. The van der Waals surface area contributed by atoms with Gasteiger partial charge in [-0.2, -0.15) is 39.9 Å². The quantitative estimate of drug-likeness (QED) is 0.239. The van der Waals surface area contributed by atoms with E-state index >= 15 is 0 Å². The van der Waals surface area contributed by atoms with Crippen molar-refractivity contribution in [3.05, 3.63) is 70.0 Å². The number of pyridine rings is 1. The van der Waals surface area contributed by atoms with Gasteiger partial charge in [0.25, 0.3) is 5.91 Å². The van der Waals surface area contributed by atoms with E-state index < -0.39 is 52.6 Å². The van der Waals surface area contributed by atoms with Gasteiger partial charge in [0.2, 0.25) is 5.52 Å². The molecule has 188 valence electrons. The van der Waals surface area contributed by atoms with E-state index in [1.165, 1.54) is 18.2 Å². The highest BCUT2D eigenvalue weighted by Gasteiger charge is 2.74. The average Bonchev–Trinajstić information content (AvgIpc) is 2.73. The van der Waals surface area contributed by atoms with E-state index in [1.807, 2.05) is 0 Å². The van der Waals surface area contributed by atoms with Gasteiger partial charge in [-0.3, -0.25) is 4.79 Å². The summed E-state index contributed by atoms with van der Waals surface area (Å²) in [6, 6.07) is 6.13. The van der Waals surface area contributed by atoms with Crippen molar-refractivity contribution >= 4 is 34.1 Å². The van der Waals surface area contributed by atoms with E-state index in [4.69, 9.17) is 11.6 Å². The SMILES string of the molecule is O=C(Nc1c(OC(F)F)ccc(C(F)(C(F)(F)F)C(F)(F)F)c1Cl)c1ccc2c(ccc[n+]2[O-])c1. The van der Waals surface area contributed by atoms with Gasteiger partial charge >= 0.3 is 24.6 Å². The molecule has 0 aliphatic heterocycles. The molecular formula is C20H10ClF9N2O3. The molecule has 1 amide bonds. The molecule has 0 aliphatic rings. The van der Waals surface area contributed by atoms with Gasteiger partial charge in [0.05, 0.1) is 5.02 Å². The monoisotopic (exact) mass is 532 g/mol. The first-order valence-corrected chi connectivity index (χ1v) is 9.49. The fourth-order valence-corrected chi connectivity index (χ4v) is 3.46. The Kier molecular flexibility index (Phi) is 6.72. The number of amides is 1. The van der Waals surface area contributed by atoms with Crippen LogP contribution in [0.4, 0.5) is 45.2 Å². The van der Waals surface area contributed by atoms with Crippen molar-refractivity contribution in [2.45, 2.75) is 24.6 Å². The predicted octanol–water partition coefficient (Wildman–Crippen LogP) is 6.27. The van der Waals surface area contributed by atoms with Crippen LogP contribution in [0.15, 0.2) is 48.7 Å². The number of hydrogen-bond acceptors (Lipinski definition) is 3. The van der Waals surface area contributed by atoms with Gasteiger partial charge in [0.1, 0.15) is 5.69 Å². The molecule has 0 bridgehead atoms. The normalized spacial score (nSPS) is 12.8. The van der Waals surface area contributed by atoms with Crippen molar-refractivity contribution < 1.29 is 53.8 Å². The van der Waals surface area contributed by atoms with Crippen molar-refractivity contribution in [2.75, 3.05) is 5.32 Å². The number of hydrogen-bond donors (Lipinski definition) is 1. The lowest BCUT2D eigenvalue weighted by molar-refractivity contribution is -0.577. The largest absolute Gasteiger partial charge is 0.618 e. The van der Waals surface area contributed by atoms with Gasteiger partial charge in [-0.15, -0.1) is 0 Å². The lowest BCUT2D eigenvalue weighted by atomic mass is 9.93. The van der Waals surface area contributed by atoms with Gasteiger partial charge in [-0.1, -0.05) is 11.6 Å². The molecule has 0 saturated heterocycles. The highest BCUT2D eigenvalue weighted by Crippen LogP contribution is 2.56. The maximum absolute atomic E-state index is 14.6. The smallest absolute Gasteiger partial charge is 0.436 e. The van der Waals surface area contributed by atoms with E-state index in [2.05, 4.69) is 4.74 Å². The fraction of sp³-hybridized carbons (Fsp3) is 0.200. The summed E-state index contributed by atoms with van der Waals surface area (Å²) in [5.74, 6) is -2.39. The van der Waals surface area contributed by atoms with E-state index in [0.717, 1.165) is 18.3 Å². The number of carbonyl (C=O) groups is 1. The Balaban J connectivity index is 2.15. The molecule has 0 fully saturated rings. The summed E-state index contributed by atoms with van der Waals surface area (Å²) < 4.78 is 124. The Bertz CT molecular complexity index is 1270. The van der Waals surface area contributed by atoms with E-state index in [1.54, 1.807) is 5.32 Å². The van der Waals surface area contributed by atoms with E-state index in [-0.39, 0.29) is 28.6 Å². The minimum atomic E-state index is -6.56. The summed E-state index contributed by atoms with van der Waals surface area (Å²) in [5.41, 5.74) is -9.68. The van der Waals surface area contributed by atoms with Gasteiger partial charge in [-0.25, -0.2) is 4.39 Å². The van der Waals surface area contributed by atoms with Crippen molar-refractivity contribution in [3.8, 4) is 5.75 Å². The number of anilines is 1. The van der Waals surface area contributed by atoms with Crippen molar-refractivity contribution in [2.24, 2.45) is 0 Å². The first-order valence-electron chi connectivity index (χ1n) is 9.11. The zero-order valence-electron chi connectivity index (χ0n) is 16.6. The summed E-state index contributed by atoms with van der Waals surface area (Å²) in [5, 5.41) is 12.0. The minimum absolute atomic E-state index is 0.100. The second-order valence-electron chi connectivity index (χ2n) is 6.89. The van der Waals surface area contributed by atoms with Crippen LogP contribution < -0.4 is 14.8 Å². The number of nitrogens with zero attached hydrogens (tertiary/aromatic N) is 1. The third-order valence-electron chi connectivity index (χ3n) is 4.74. The number of benzene rings is 2. The average molecular weight is 533 g/mol. The number of nitrogens with one attached hydrogen (secondary N) is 1. The summed E-state index contributed by atoms with van der Waals surface area (Å²) >= 11 is 5.62. The topological polar surface area (TPSA) is 65.3 Å². The number of alkyl halides is 9. The molecule has 5 nitrogen and oxygen atoms in total. The highest BCUT2D eigenvalue weighted by atomic mass is 35.5. The van der Waals surface area contributed by atoms with Crippen LogP contribution in [0.25, 0.3) is 10.9 Å². The van der Waals surface area contributed by atoms with Crippen LogP contribution >= 0.6 is 11.6 Å². The minimum Gasteiger partial charge on any atom is -0.618 e. The van der Waals surface area contributed by atoms with Gasteiger partial charge in [0, 0.05) is 28.6 Å². The molecule has 0 radical (unpaired) electrons. The second-order valence-corrected chi connectivity index (χ2v) is 7.27. The fourth-order valence-electron chi connectivity index (χ4n) is 3.12. The van der Waals surface area contributed by atoms with Crippen molar-refractivity contribution in [1.82, 2.24) is 0 Å². The molecule has 35 heavy (non-hydrogen) atoms. The summed E-state index contributed by atoms with van der Waals surface area (Å²) in [4.78, 5) is 12.7. The number of halogens is 10. The van der Waals surface area contributed by atoms with Crippen LogP contribution in [0.1, 0.15) is 15.9 Å². The molecule has 0 aliphatic carbocycles. The zero-order valence-corrected chi connectivity index (χ0v) is 17.4. The number of carbonyl (C=O) groups excluding carboxylic acids is 1. The summed E-state index contributed by atoms with van der Waals surface area (Å²) in [6.45, 7) is -3.64. The Labute approximate surface area is 194 Å². The van der Waals surface area contributed by atoms with Gasteiger partial charge in [0.15, 0.2) is 11.9 Å². The van der Waals surface area contributed by atoms with Crippen LogP contribution in [0.5, 0.6) is 5.75 Å². The maximum atomic E-state index is 14.6. The molecule has 1 aromatic heterocycles. The molecule has 15 heteroatoms. The van der Waals surface area contributed by atoms with E-state index in [9.17, 15) is 49.5 Å². The number of aromatic nitrogens is 1. The number of rotatable bonds is 5. The standard InChI is InChI=1S/C20H10ClF9N2O3/c21-14-11(18(24,19(25,26)27)20(28,29)30)4-6-13(35-17(22)23)15(14)31-16(33)10-3-5-12-9(8-10)2-1-7-32(12)34/h1-8,17H,(H,31,33). The Hall–Kier alpha value is -3.42. The molecule has 0 saturated carbocycles. The zero-order chi connectivity index (χ0) is 26.3. The molecule has 0 unspecified atom stereocenters. The molecule has 0 atom stereocenters. The van der Waals surface area contributed by atoms with E-state index in [0.29, 0.717) is 4.73 Å². The summed E-state index contributed by atoms with van der Waals surface area (Å²) in [6.07, 6.45) is -12.0. The molecular weight excluding hydrogens is 523 g/mol. The highest BCUT2D eigenvalue weighted by molar-refractivity contribution is 6.35. The molecule has 3 rings (SSSR count). The molecule has 3 aromatic rings. The molecule has 1 heterocycles. The van der Waals surface area contributed by atoms with Gasteiger partial charge < -0.3 is 15.3 Å². The Morgan fingerprint density at radius 1 is 1.00 bits per heavy atom. The number of fused-ring (bicyclic) bond motifs is 1. The second kappa shape index (κ2) is 8.98. The van der Waals surface area contributed by atoms with Crippen molar-refractivity contribution in [1.29, 1.82) is 0 Å². The van der Waals surface area contributed by atoms with Crippen LogP contribution in [0.3, 0.4) is 0 Å². The van der Waals surface area contributed by atoms with Gasteiger partial charge in [-0.05, 0) is 30.3 Å². The lowest BCUT2D eigenvalue weighted by Crippen LogP contribution is -2.50. The maximum Gasteiger partial charge on any atom is 0.436 e. The molecule has 1 N–H and O–H groups in total. The Morgan fingerprint density at radius 2 is 1.63 bits per heavy atom. The third-order valence-corrected chi connectivity index (χ3v) is 5.13. The third kappa shape index (κ3) is 4.74. The van der Waals surface area contributed by atoms with Crippen molar-refractivity contribution in [3.63, 3.8) is 0 Å². The molecule has 2 aromatic carbocycles. The predicted molar refractivity (Wildman–Crippen MR) is 104 cm³/mol.